The normalized spacial score (nSPS) is 28.0. The van der Waals surface area contributed by atoms with E-state index in [0.717, 1.165) is 38.5 Å². The Balaban J connectivity index is 1.33. The Morgan fingerprint density at radius 2 is 0.811 bits per heavy atom. The molecule has 38 heteroatoms. The van der Waals surface area contributed by atoms with Gasteiger partial charge in [0.25, 0.3) is 0 Å². The predicted molar refractivity (Wildman–Crippen MR) is 370 cm³/mol. The Kier molecular flexibility index (Phi) is 45.3. The average molecular weight is 1530 g/mol. The lowest BCUT2D eigenvalue weighted by Crippen LogP contribution is -2.64. The Hall–Kier alpha value is -5.57. The summed E-state index contributed by atoms with van der Waals surface area (Å²) in [5, 5.41) is 126. The third-order valence-corrected chi connectivity index (χ3v) is 18.1. The number of amides is 9. The minimum absolute atomic E-state index is 0.00723. The highest BCUT2D eigenvalue weighted by atomic mass is 16.7. The van der Waals surface area contributed by atoms with Crippen LogP contribution in [-0.4, -0.2) is 333 Å². The Bertz CT molecular complexity index is 2590. The fourth-order valence-electron chi connectivity index (χ4n) is 12.5. The number of rotatable bonds is 52. The van der Waals surface area contributed by atoms with E-state index in [9.17, 15) is 94.2 Å². The summed E-state index contributed by atoms with van der Waals surface area (Å²) in [5.74, 6) is -5.64. The summed E-state index contributed by atoms with van der Waals surface area (Å²) >= 11 is 0. The molecular weight excluding hydrogens is 1410 g/mol. The van der Waals surface area contributed by atoms with Crippen molar-refractivity contribution in [2.24, 2.45) is 11.8 Å². The molecule has 106 heavy (non-hydrogen) atoms. The SMILES string of the molecule is CC(=O)NC1C(OCCOCCNC(=O)CCC(NC(=O)CCC(NC(=O)CCCCCCCCCCC(=O)N[C@@H]2C[C@@H](CO)[C@H](OC(C)C)C2)C(=O)NCCOCCOC2OC(CO)C(O)C(O)C2NC(C)=O)C(=O)NCCOCCOC2OC(CO)C(O)C(O)C2NC(C)=O)OCC(CO)C(O)C1O. The van der Waals surface area contributed by atoms with Crippen LogP contribution < -0.4 is 47.9 Å². The third-order valence-electron chi connectivity index (χ3n) is 18.1. The lowest BCUT2D eigenvalue weighted by molar-refractivity contribution is -0.272. The number of aliphatic hydroxyl groups excluding tert-OH is 10. The van der Waals surface area contributed by atoms with Crippen molar-refractivity contribution in [2.45, 2.75) is 254 Å². The number of unbranched alkanes of at least 4 members (excludes halogenated alkanes) is 7. The first-order valence-corrected chi connectivity index (χ1v) is 36.9. The van der Waals surface area contributed by atoms with Gasteiger partial charge >= 0.3 is 0 Å². The van der Waals surface area contributed by atoms with Crippen molar-refractivity contribution in [3.8, 4) is 0 Å². The molecule has 4 fully saturated rings. The van der Waals surface area contributed by atoms with Gasteiger partial charge in [0, 0.05) is 90.6 Å². The zero-order chi connectivity index (χ0) is 78.1. The molecule has 0 aromatic rings. The van der Waals surface area contributed by atoms with E-state index in [2.05, 4.69) is 47.9 Å². The van der Waals surface area contributed by atoms with Crippen molar-refractivity contribution in [1.29, 1.82) is 0 Å². The van der Waals surface area contributed by atoms with Gasteiger partial charge in [-0.3, -0.25) is 43.2 Å². The zero-order valence-electron chi connectivity index (χ0n) is 61.7. The van der Waals surface area contributed by atoms with Crippen LogP contribution in [0.25, 0.3) is 0 Å². The highest BCUT2D eigenvalue weighted by molar-refractivity contribution is 5.90. The summed E-state index contributed by atoms with van der Waals surface area (Å²) in [4.78, 5) is 116. The Labute approximate surface area is 618 Å². The van der Waals surface area contributed by atoms with Gasteiger partial charge in [-0.25, -0.2) is 0 Å². The van der Waals surface area contributed by atoms with E-state index in [1.807, 2.05) is 13.8 Å². The van der Waals surface area contributed by atoms with Gasteiger partial charge in [0.05, 0.1) is 104 Å². The van der Waals surface area contributed by atoms with Crippen molar-refractivity contribution in [1.82, 2.24) is 47.9 Å². The van der Waals surface area contributed by atoms with Gasteiger partial charge in [-0.1, -0.05) is 38.5 Å². The quantitative estimate of drug-likeness (QED) is 0.0252. The molecule has 17 unspecified atom stereocenters. The summed E-state index contributed by atoms with van der Waals surface area (Å²) < 4.78 is 56.6. The largest absolute Gasteiger partial charge is 0.396 e. The molecule has 20 atom stereocenters. The molecule has 3 saturated heterocycles. The van der Waals surface area contributed by atoms with Gasteiger partial charge in [0.2, 0.25) is 53.2 Å². The summed E-state index contributed by atoms with van der Waals surface area (Å²) in [6, 6.07) is -6.19. The maximum Gasteiger partial charge on any atom is 0.242 e. The van der Waals surface area contributed by atoms with E-state index in [4.69, 9.17) is 47.4 Å². The molecule has 1 aliphatic carbocycles. The van der Waals surface area contributed by atoms with E-state index in [1.54, 1.807) is 0 Å². The molecule has 1 saturated carbocycles. The molecule has 0 bridgehead atoms. The number of hydrogen-bond donors (Lipinski definition) is 19. The number of carbonyl (C=O) groups is 9. The van der Waals surface area contributed by atoms with Crippen LogP contribution in [0.1, 0.15) is 137 Å². The number of hydrogen-bond acceptors (Lipinski definition) is 29. The van der Waals surface area contributed by atoms with Crippen LogP contribution >= 0.6 is 0 Å². The van der Waals surface area contributed by atoms with E-state index >= 15 is 0 Å². The first-order chi connectivity index (χ1) is 50.7. The van der Waals surface area contributed by atoms with Crippen molar-refractivity contribution in [2.75, 3.05) is 112 Å². The van der Waals surface area contributed by atoms with Gasteiger partial charge in [-0.05, 0) is 52.4 Å². The van der Waals surface area contributed by atoms with Crippen LogP contribution in [0.3, 0.4) is 0 Å². The second-order valence-electron chi connectivity index (χ2n) is 27.1. The maximum atomic E-state index is 13.8. The lowest BCUT2D eigenvalue weighted by atomic mass is 9.96. The molecule has 4 rings (SSSR count). The summed E-state index contributed by atoms with van der Waals surface area (Å²) in [6.45, 7) is 4.39. The first kappa shape index (κ1) is 92.8. The molecule has 3 aliphatic heterocycles. The monoisotopic (exact) mass is 1530 g/mol. The van der Waals surface area contributed by atoms with Crippen LogP contribution in [0.5, 0.6) is 0 Å². The smallest absolute Gasteiger partial charge is 0.242 e. The number of carbonyl (C=O) groups excluding carboxylic acids is 9. The molecule has 19 N–H and O–H groups in total. The molecule has 0 radical (unpaired) electrons. The average Bonchev–Trinajstić information content (AvgIpc) is 1.16. The first-order valence-electron chi connectivity index (χ1n) is 36.9. The van der Waals surface area contributed by atoms with E-state index in [1.165, 1.54) is 20.8 Å². The van der Waals surface area contributed by atoms with Crippen LogP contribution in [-0.2, 0) is 90.5 Å². The topological polar surface area (TPSA) is 556 Å². The summed E-state index contributed by atoms with van der Waals surface area (Å²) in [7, 11) is 0. The molecule has 3 heterocycles. The molecular formula is C68H121N9O29. The molecule has 0 aromatic carbocycles. The van der Waals surface area contributed by atoms with Gasteiger partial charge in [-0.15, -0.1) is 0 Å². The molecule has 4 aliphatic rings. The van der Waals surface area contributed by atoms with Crippen molar-refractivity contribution in [3.05, 3.63) is 0 Å². The molecule has 612 valence electrons. The Morgan fingerprint density at radius 3 is 1.25 bits per heavy atom. The maximum absolute atomic E-state index is 13.8. The summed E-state index contributed by atoms with van der Waals surface area (Å²) in [6.07, 6.45) is -8.32. The fourth-order valence-corrected chi connectivity index (χ4v) is 12.5. The molecule has 0 aromatic heterocycles. The standard InChI is InChI=1S/C68H121N9O29/c1-39(2)104-48-33-45(32-43(48)34-78)75-52(86)14-12-10-8-6-7-9-11-13-15-53(87)76-47(65(96)71-22-25-99-28-31-102-68-57(74-42(5)84)63(94)60(91)50(37-81)106-68)17-19-54(88)77-46(64(95)70-21-24-98-27-30-101-67-56(73-41(4)83)62(93)59(90)49(36-80)105-67)16-18-51(85)69-20-23-97-26-29-100-66-55(72-40(3)82)61(92)58(89)44(35-79)38-103-66/h39,43-50,55-63,66-68,78-81,89-94H,6-38H2,1-5H3,(H,69,85)(H,70,95)(H,71,96)(H,72,82)(H,73,83)(H,74,84)(H,75,86)(H,76,87)(H,77,88)/t43-,44?,45+,46?,47?,48+,49?,50?,55?,56?,57?,58?,59?,60?,61?,62?,63?,66?,67?,68?/m0/s1. The molecule has 9 amide bonds. The second kappa shape index (κ2) is 51.8. The van der Waals surface area contributed by atoms with E-state index in [0.29, 0.717) is 32.1 Å². The minimum Gasteiger partial charge on any atom is -0.396 e. The lowest BCUT2D eigenvalue weighted by Gasteiger charge is -2.42. The van der Waals surface area contributed by atoms with Crippen molar-refractivity contribution >= 4 is 53.2 Å². The van der Waals surface area contributed by atoms with Crippen molar-refractivity contribution in [3.63, 3.8) is 0 Å². The summed E-state index contributed by atoms with van der Waals surface area (Å²) in [5.41, 5.74) is 0. The number of ether oxygens (including phenoxy) is 10. The predicted octanol–water partition coefficient (Wildman–Crippen LogP) is -6.38. The second-order valence-corrected chi connectivity index (χ2v) is 27.1. The minimum atomic E-state index is -1.54. The molecule has 0 spiro atoms. The van der Waals surface area contributed by atoms with E-state index < -0.39 is 177 Å². The third kappa shape index (κ3) is 34.6. The number of aliphatic hydroxyl groups is 10. The van der Waals surface area contributed by atoms with Gasteiger partial charge in [0.15, 0.2) is 18.9 Å². The van der Waals surface area contributed by atoms with Crippen LogP contribution in [0.15, 0.2) is 0 Å². The van der Waals surface area contributed by atoms with Crippen molar-refractivity contribution < 1.29 is 142 Å². The van der Waals surface area contributed by atoms with Crippen LogP contribution in [0, 0.1) is 11.8 Å². The Morgan fingerprint density at radius 1 is 0.415 bits per heavy atom. The highest BCUT2D eigenvalue weighted by Crippen LogP contribution is 2.30. The number of nitrogens with one attached hydrogen (secondary N) is 9. The zero-order valence-corrected chi connectivity index (χ0v) is 61.7. The van der Waals surface area contributed by atoms with Crippen LogP contribution in [0.4, 0.5) is 0 Å². The fraction of sp³-hybridized carbons (Fsp3) is 0.868. The van der Waals surface area contributed by atoms with E-state index in [-0.39, 0.29) is 148 Å². The highest BCUT2D eigenvalue weighted by Gasteiger charge is 2.47. The van der Waals surface area contributed by atoms with Crippen LogP contribution in [0.2, 0.25) is 0 Å². The van der Waals surface area contributed by atoms with Gasteiger partial charge in [0.1, 0.15) is 72.9 Å². The molecule has 38 nitrogen and oxygen atoms in total. The van der Waals surface area contributed by atoms with Gasteiger partial charge < -0.3 is 146 Å². The van der Waals surface area contributed by atoms with Gasteiger partial charge in [-0.2, -0.15) is 0 Å².